The van der Waals surface area contributed by atoms with Crippen LogP contribution in [0.15, 0.2) is 24.3 Å². The van der Waals surface area contributed by atoms with E-state index < -0.39 is 0 Å². The van der Waals surface area contributed by atoms with Gasteiger partial charge in [0.25, 0.3) is 0 Å². The second kappa shape index (κ2) is 4.21. The second-order valence-electron chi connectivity index (χ2n) is 6.03. The van der Waals surface area contributed by atoms with Gasteiger partial charge in [-0.3, -0.25) is 0 Å². The van der Waals surface area contributed by atoms with Crippen molar-refractivity contribution in [2.24, 2.45) is 11.1 Å². The number of nitrogens with two attached hydrogens (primary N) is 1. The average molecular weight is 217 g/mol. The van der Waals surface area contributed by atoms with Crippen molar-refractivity contribution in [3.05, 3.63) is 35.4 Å². The largest absolute Gasteiger partial charge is 0.327 e. The summed E-state index contributed by atoms with van der Waals surface area (Å²) in [6, 6.07) is 9.04. The number of benzene rings is 1. The predicted octanol–water partition coefficient (Wildman–Crippen LogP) is 3.62. The van der Waals surface area contributed by atoms with Gasteiger partial charge in [-0.05, 0) is 48.6 Å². The number of aryl methyl sites for hydroxylation is 1. The van der Waals surface area contributed by atoms with Crippen LogP contribution in [-0.2, 0) is 0 Å². The third-order valence-corrected chi connectivity index (χ3v) is 4.03. The topological polar surface area (TPSA) is 26.0 Å². The zero-order chi connectivity index (χ0) is 11.8. The fraction of sp³-hybridized carbons (Fsp3) is 0.600. The van der Waals surface area contributed by atoms with Gasteiger partial charge in [-0.2, -0.15) is 0 Å². The minimum Gasteiger partial charge on any atom is -0.327 e. The van der Waals surface area contributed by atoms with Gasteiger partial charge in [0.1, 0.15) is 0 Å². The molecule has 2 N–H and O–H groups in total. The van der Waals surface area contributed by atoms with Crippen LogP contribution in [0.5, 0.6) is 0 Å². The van der Waals surface area contributed by atoms with E-state index in [4.69, 9.17) is 5.73 Å². The molecule has 0 amide bonds. The molecule has 0 heterocycles. The molecule has 1 nitrogen and oxygen atoms in total. The molecular formula is C15H23N. The lowest BCUT2D eigenvalue weighted by molar-refractivity contribution is 0.198. The minimum absolute atomic E-state index is 0.342. The molecule has 1 fully saturated rings. The summed E-state index contributed by atoms with van der Waals surface area (Å²) in [5.74, 6) is 0.546. The highest BCUT2D eigenvalue weighted by Crippen LogP contribution is 2.43. The standard InChI is InChI=1S/C15H23N/c1-11-6-4-5-7-12(11)13-10-15(2,3)9-8-14(13)16/h4-7,13-14H,8-10,16H2,1-3H3. The Morgan fingerprint density at radius 1 is 1.25 bits per heavy atom. The molecule has 1 aliphatic rings. The second-order valence-corrected chi connectivity index (χ2v) is 6.03. The van der Waals surface area contributed by atoms with E-state index in [1.807, 2.05) is 0 Å². The Morgan fingerprint density at radius 2 is 1.94 bits per heavy atom. The van der Waals surface area contributed by atoms with E-state index in [1.165, 1.54) is 24.0 Å². The molecule has 1 aliphatic carbocycles. The fourth-order valence-corrected chi connectivity index (χ4v) is 2.95. The summed E-state index contributed by atoms with van der Waals surface area (Å²) in [5.41, 5.74) is 9.60. The molecule has 16 heavy (non-hydrogen) atoms. The molecule has 2 atom stereocenters. The maximum absolute atomic E-state index is 6.30. The highest BCUT2D eigenvalue weighted by molar-refractivity contribution is 5.31. The molecule has 2 rings (SSSR count). The van der Waals surface area contributed by atoms with Crippen LogP contribution < -0.4 is 5.73 Å². The zero-order valence-corrected chi connectivity index (χ0v) is 10.7. The molecule has 1 saturated carbocycles. The van der Waals surface area contributed by atoms with Gasteiger partial charge in [-0.25, -0.2) is 0 Å². The van der Waals surface area contributed by atoms with Crippen LogP contribution in [0.4, 0.5) is 0 Å². The number of rotatable bonds is 1. The Bertz CT molecular complexity index is 367. The first-order valence-electron chi connectivity index (χ1n) is 6.31. The van der Waals surface area contributed by atoms with Crippen molar-refractivity contribution >= 4 is 0 Å². The molecular weight excluding hydrogens is 194 g/mol. The Balaban J connectivity index is 2.28. The van der Waals surface area contributed by atoms with Crippen molar-refractivity contribution in [3.63, 3.8) is 0 Å². The Kier molecular flexibility index (Phi) is 3.07. The van der Waals surface area contributed by atoms with Gasteiger partial charge in [-0.15, -0.1) is 0 Å². The quantitative estimate of drug-likeness (QED) is 0.764. The summed E-state index contributed by atoms with van der Waals surface area (Å²) in [5, 5.41) is 0. The summed E-state index contributed by atoms with van der Waals surface area (Å²) in [6.45, 7) is 6.93. The zero-order valence-electron chi connectivity index (χ0n) is 10.7. The van der Waals surface area contributed by atoms with Crippen molar-refractivity contribution in [1.82, 2.24) is 0 Å². The molecule has 1 aromatic carbocycles. The highest BCUT2D eigenvalue weighted by atomic mass is 14.7. The summed E-state index contributed by atoms with van der Waals surface area (Å²) in [7, 11) is 0. The molecule has 0 aromatic heterocycles. The van der Waals surface area contributed by atoms with Crippen molar-refractivity contribution in [2.75, 3.05) is 0 Å². The van der Waals surface area contributed by atoms with Gasteiger partial charge in [-0.1, -0.05) is 38.1 Å². The molecule has 1 aromatic rings. The van der Waals surface area contributed by atoms with E-state index in [1.54, 1.807) is 0 Å². The van der Waals surface area contributed by atoms with E-state index in [9.17, 15) is 0 Å². The molecule has 0 aliphatic heterocycles. The Morgan fingerprint density at radius 3 is 2.62 bits per heavy atom. The molecule has 0 bridgehead atoms. The van der Waals surface area contributed by atoms with E-state index in [0.29, 0.717) is 17.4 Å². The van der Waals surface area contributed by atoms with Crippen LogP contribution in [0.25, 0.3) is 0 Å². The molecule has 2 unspecified atom stereocenters. The van der Waals surface area contributed by atoms with Crippen LogP contribution in [-0.4, -0.2) is 6.04 Å². The lowest BCUT2D eigenvalue weighted by Gasteiger charge is -2.40. The van der Waals surface area contributed by atoms with Crippen molar-refractivity contribution < 1.29 is 0 Å². The lowest BCUT2D eigenvalue weighted by atomic mass is 9.67. The van der Waals surface area contributed by atoms with Crippen molar-refractivity contribution in [1.29, 1.82) is 0 Å². The maximum atomic E-state index is 6.30. The van der Waals surface area contributed by atoms with Crippen molar-refractivity contribution in [2.45, 2.75) is 52.0 Å². The highest BCUT2D eigenvalue weighted by Gasteiger charge is 2.34. The molecule has 88 valence electrons. The van der Waals surface area contributed by atoms with Crippen LogP contribution in [0.2, 0.25) is 0 Å². The van der Waals surface area contributed by atoms with Crippen LogP contribution >= 0.6 is 0 Å². The van der Waals surface area contributed by atoms with E-state index in [0.717, 1.165) is 6.42 Å². The summed E-state index contributed by atoms with van der Waals surface area (Å²) >= 11 is 0. The summed E-state index contributed by atoms with van der Waals surface area (Å²) in [4.78, 5) is 0. The summed E-state index contributed by atoms with van der Waals surface area (Å²) < 4.78 is 0. The van der Waals surface area contributed by atoms with Gasteiger partial charge in [0.2, 0.25) is 0 Å². The first kappa shape index (κ1) is 11.7. The van der Waals surface area contributed by atoms with Crippen LogP contribution in [0.3, 0.4) is 0 Å². The average Bonchev–Trinajstić information content (AvgIpc) is 2.23. The Hall–Kier alpha value is -0.820. The van der Waals surface area contributed by atoms with Gasteiger partial charge < -0.3 is 5.73 Å². The maximum Gasteiger partial charge on any atom is 0.0108 e. The SMILES string of the molecule is Cc1ccccc1C1CC(C)(C)CCC1N. The molecule has 0 saturated heterocycles. The number of hydrogen-bond acceptors (Lipinski definition) is 1. The van der Waals surface area contributed by atoms with E-state index in [-0.39, 0.29) is 0 Å². The smallest absolute Gasteiger partial charge is 0.0108 e. The first-order valence-corrected chi connectivity index (χ1v) is 6.31. The van der Waals surface area contributed by atoms with Crippen molar-refractivity contribution in [3.8, 4) is 0 Å². The van der Waals surface area contributed by atoms with Crippen LogP contribution in [0, 0.1) is 12.3 Å². The van der Waals surface area contributed by atoms with Gasteiger partial charge in [0, 0.05) is 6.04 Å². The third-order valence-electron chi connectivity index (χ3n) is 4.03. The van der Waals surface area contributed by atoms with Gasteiger partial charge in [0.05, 0.1) is 0 Å². The monoisotopic (exact) mass is 217 g/mol. The fourth-order valence-electron chi connectivity index (χ4n) is 2.95. The third kappa shape index (κ3) is 2.30. The first-order chi connectivity index (χ1) is 7.49. The normalized spacial score (nSPS) is 29.0. The van der Waals surface area contributed by atoms with Crippen LogP contribution in [0.1, 0.15) is 50.2 Å². The van der Waals surface area contributed by atoms with E-state index in [2.05, 4.69) is 45.0 Å². The van der Waals surface area contributed by atoms with Gasteiger partial charge in [0.15, 0.2) is 0 Å². The molecule has 0 radical (unpaired) electrons. The molecule has 1 heteroatoms. The van der Waals surface area contributed by atoms with Gasteiger partial charge >= 0.3 is 0 Å². The predicted molar refractivity (Wildman–Crippen MR) is 69.5 cm³/mol. The Labute approximate surface area is 99.0 Å². The number of hydrogen-bond donors (Lipinski definition) is 1. The summed E-state index contributed by atoms with van der Waals surface area (Å²) in [6.07, 6.45) is 3.64. The lowest BCUT2D eigenvalue weighted by Crippen LogP contribution is -2.37. The van der Waals surface area contributed by atoms with E-state index >= 15 is 0 Å². The molecule has 0 spiro atoms. The minimum atomic E-state index is 0.342.